The average Bonchev–Trinajstić information content (AvgIpc) is 3.82. The average molecular weight is 1060 g/mol. The lowest BCUT2D eigenvalue weighted by atomic mass is 9.77. The molecule has 0 bridgehead atoms. The SMILES string of the molecule is C=C(O/N=C(\C(=O)N[C@@H]1C(=O)N2C(C(=O)OC(c3ccccc3)c3ccccc3)=C(CI)C[S+]([O-])[C@H]12)c1csc(NC(c2ccccc2)(c2ccccc2)c2ccccc2)n1)C(=O)OC(C)(C)C. The number of benzene rings is 5. The van der Waals surface area contributed by atoms with E-state index in [4.69, 9.17) is 19.3 Å². The summed E-state index contributed by atoms with van der Waals surface area (Å²) in [6.07, 6.45) is -0.810. The number of hydrogen-bond donors (Lipinski definition) is 2. The number of thiazole rings is 1. The summed E-state index contributed by atoms with van der Waals surface area (Å²) in [4.78, 5) is 67.5. The lowest BCUT2D eigenvalue weighted by Crippen LogP contribution is -2.75. The van der Waals surface area contributed by atoms with Crippen LogP contribution in [0, 0.1) is 0 Å². The molecule has 0 spiro atoms. The number of anilines is 1. The third-order valence-corrected chi connectivity index (χ3v) is 14.4. The first-order valence-corrected chi connectivity index (χ1v) is 25.3. The minimum Gasteiger partial charge on any atom is -0.614 e. The van der Waals surface area contributed by atoms with Gasteiger partial charge < -0.3 is 29.5 Å². The number of carbonyl (C=O) groups excluding carboxylic acids is 4. The number of carbonyl (C=O) groups is 4. The van der Waals surface area contributed by atoms with Gasteiger partial charge in [0.1, 0.15) is 28.3 Å². The van der Waals surface area contributed by atoms with Crippen molar-refractivity contribution >= 4 is 79.7 Å². The summed E-state index contributed by atoms with van der Waals surface area (Å²) in [5, 5.41) is 11.3. The first-order valence-electron chi connectivity index (χ1n) is 21.5. The number of esters is 2. The van der Waals surface area contributed by atoms with Crippen LogP contribution in [0.5, 0.6) is 0 Å². The monoisotopic (exact) mass is 1060 g/mol. The van der Waals surface area contributed by atoms with Crippen molar-refractivity contribution in [3.05, 3.63) is 214 Å². The number of ether oxygens (including phenoxy) is 2. The quantitative estimate of drug-likeness (QED) is 0.00915. The van der Waals surface area contributed by atoms with Gasteiger partial charge in [-0.25, -0.2) is 14.6 Å². The second-order valence-corrected chi connectivity index (χ2v) is 19.9. The lowest BCUT2D eigenvalue weighted by molar-refractivity contribution is -0.155. The molecule has 0 saturated carbocycles. The van der Waals surface area contributed by atoms with E-state index in [1.54, 1.807) is 26.2 Å². The Hall–Kier alpha value is -6.60. The molecule has 2 aliphatic rings. The summed E-state index contributed by atoms with van der Waals surface area (Å²) in [7, 11) is 0. The topological polar surface area (TPSA) is 172 Å². The van der Waals surface area contributed by atoms with Gasteiger partial charge in [0.25, 0.3) is 11.8 Å². The van der Waals surface area contributed by atoms with Crippen LogP contribution in [-0.2, 0) is 50.2 Å². The zero-order chi connectivity index (χ0) is 48.0. The molecule has 1 unspecified atom stereocenters. The number of alkyl halides is 1. The fourth-order valence-corrected chi connectivity index (χ4v) is 11.4. The Kier molecular flexibility index (Phi) is 14.6. The Morgan fingerprint density at radius 2 is 1.35 bits per heavy atom. The van der Waals surface area contributed by atoms with Crippen molar-refractivity contribution in [1.82, 2.24) is 15.2 Å². The standard InChI is InChI=1S/C52H46IN5O8S2/c1-33(48(61)65-51(2,3)4)66-57-41(40-31-67-50(54-40)56-52(37-24-14-7-15-25-37,38-26-16-8-17-27-38)39-28-18-9-19-29-39)45(59)55-42-46(60)58-43(36(30-53)32-68(63)47(42)58)49(62)64-44(34-20-10-5-11-21-34)35-22-12-6-13-23-35/h5-29,31,42,44,47H,1,30,32H2,2-4H3,(H,54,56)(H,55,59)/b57-41-/t42-,47-,68?/m1/s1. The van der Waals surface area contributed by atoms with Crippen LogP contribution >= 0.6 is 33.9 Å². The number of aromatic nitrogens is 1. The van der Waals surface area contributed by atoms with Gasteiger partial charge >= 0.3 is 11.9 Å². The van der Waals surface area contributed by atoms with Crippen LogP contribution in [0.3, 0.4) is 0 Å². The molecule has 1 aromatic heterocycles. The van der Waals surface area contributed by atoms with Gasteiger partial charge in [0.2, 0.25) is 11.1 Å². The molecule has 346 valence electrons. The van der Waals surface area contributed by atoms with Crippen molar-refractivity contribution in [2.45, 2.75) is 49.4 Å². The maximum Gasteiger partial charge on any atom is 0.376 e. The summed E-state index contributed by atoms with van der Waals surface area (Å²) in [6.45, 7) is 8.69. The van der Waals surface area contributed by atoms with E-state index in [0.29, 0.717) is 26.3 Å². The molecule has 8 rings (SSSR count). The molecule has 2 aliphatic heterocycles. The molecule has 16 heteroatoms. The van der Waals surface area contributed by atoms with Gasteiger partial charge in [0.15, 0.2) is 23.0 Å². The Morgan fingerprint density at radius 1 is 0.853 bits per heavy atom. The van der Waals surface area contributed by atoms with E-state index < -0.39 is 75.1 Å². The highest BCUT2D eigenvalue weighted by Gasteiger charge is 2.61. The van der Waals surface area contributed by atoms with E-state index in [2.05, 4.69) is 45.0 Å². The van der Waals surface area contributed by atoms with Crippen LogP contribution in [0.1, 0.15) is 60.4 Å². The van der Waals surface area contributed by atoms with E-state index in [9.17, 15) is 23.7 Å². The second-order valence-electron chi connectivity index (χ2n) is 16.7. The molecule has 5 aromatic carbocycles. The number of nitrogens with one attached hydrogen (secondary N) is 2. The highest BCUT2D eigenvalue weighted by Crippen LogP contribution is 2.42. The summed E-state index contributed by atoms with van der Waals surface area (Å²) in [5.41, 5.74) is 2.34. The lowest BCUT2D eigenvalue weighted by Gasteiger charge is -2.49. The first kappa shape index (κ1) is 47.9. The summed E-state index contributed by atoms with van der Waals surface area (Å²) < 4.78 is 25.8. The number of nitrogens with zero attached hydrogens (tertiary/aromatic N) is 3. The normalized spacial score (nSPS) is 17.1. The molecule has 3 heterocycles. The third kappa shape index (κ3) is 10.1. The van der Waals surface area contributed by atoms with Crippen LogP contribution in [0.4, 0.5) is 5.13 Å². The summed E-state index contributed by atoms with van der Waals surface area (Å²) >= 11 is 1.51. The Bertz CT molecular complexity index is 2720. The third-order valence-electron chi connectivity index (χ3n) is 11.0. The fourth-order valence-electron chi connectivity index (χ4n) is 7.96. The van der Waals surface area contributed by atoms with Crippen LogP contribution in [0.2, 0.25) is 0 Å². The smallest absolute Gasteiger partial charge is 0.376 e. The summed E-state index contributed by atoms with van der Waals surface area (Å²) in [5.74, 6) is -3.86. The number of oxime groups is 1. The van der Waals surface area contributed by atoms with Crippen molar-refractivity contribution in [3.63, 3.8) is 0 Å². The van der Waals surface area contributed by atoms with Crippen molar-refractivity contribution in [1.29, 1.82) is 0 Å². The van der Waals surface area contributed by atoms with Gasteiger partial charge in [-0.2, -0.15) is 0 Å². The van der Waals surface area contributed by atoms with Gasteiger partial charge in [-0.1, -0.05) is 179 Å². The first-order chi connectivity index (χ1) is 32.8. The minimum absolute atomic E-state index is 0.0174. The van der Waals surface area contributed by atoms with Gasteiger partial charge in [-0.15, -0.1) is 11.3 Å². The molecule has 1 saturated heterocycles. The number of rotatable bonds is 16. The van der Waals surface area contributed by atoms with Gasteiger partial charge in [0.05, 0.1) is 0 Å². The molecule has 1 fully saturated rings. The fraction of sp³-hybridized carbons (Fsp3) is 0.192. The number of amides is 2. The van der Waals surface area contributed by atoms with Crippen molar-refractivity contribution < 1.29 is 38.0 Å². The Labute approximate surface area is 414 Å². The number of fused-ring (bicyclic) bond motifs is 1. The van der Waals surface area contributed by atoms with Gasteiger partial charge in [0, 0.05) is 15.4 Å². The molecule has 0 radical (unpaired) electrons. The van der Waals surface area contributed by atoms with Crippen LogP contribution < -0.4 is 10.6 Å². The molecule has 0 aliphatic carbocycles. The summed E-state index contributed by atoms with van der Waals surface area (Å²) in [6, 6.07) is 46.7. The predicted octanol–water partition coefficient (Wildman–Crippen LogP) is 8.56. The highest BCUT2D eigenvalue weighted by atomic mass is 127. The van der Waals surface area contributed by atoms with Gasteiger partial charge in [-0.05, 0) is 66.3 Å². The zero-order valence-electron chi connectivity index (χ0n) is 37.2. The van der Waals surface area contributed by atoms with Crippen molar-refractivity contribution in [3.8, 4) is 0 Å². The number of halogens is 1. The molecule has 6 aromatic rings. The molecule has 2 N–H and O–H groups in total. The van der Waals surface area contributed by atoms with Crippen LogP contribution in [0.25, 0.3) is 0 Å². The van der Waals surface area contributed by atoms with Crippen molar-refractivity contribution in [2.75, 3.05) is 15.5 Å². The minimum atomic E-state index is -1.74. The molecular formula is C52H46IN5O8S2. The molecular weight excluding hydrogens is 1010 g/mol. The number of hydrogen-bond acceptors (Lipinski definition) is 12. The molecule has 13 nitrogen and oxygen atoms in total. The Morgan fingerprint density at radius 3 is 1.84 bits per heavy atom. The Balaban J connectivity index is 1.11. The molecule has 2 amide bonds. The highest BCUT2D eigenvalue weighted by molar-refractivity contribution is 14.1. The van der Waals surface area contributed by atoms with E-state index in [-0.39, 0.29) is 17.1 Å². The molecule has 68 heavy (non-hydrogen) atoms. The molecule has 3 atom stereocenters. The maximum atomic E-state index is 14.5. The van der Waals surface area contributed by atoms with Gasteiger partial charge in [-0.3, -0.25) is 14.5 Å². The van der Waals surface area contributed by atoms with Crippen molar-refractivity contribution in [2.24, 2.45) is 5.16 Å². The second kappa shape index (κ2) is 20.7. The van der Waals surface area contributed by atoms with E-state index in [1.165, 1.54) is 11.3 Å². The maximum absolute atomic E-state index is 14.5. The largest absolute Gasteiger partial charge is 0.614 e. The zero-order valence-corrected chi connectivity index (χ0v) is 41.0. The predicted molar refractivity (Wildman–Crippen MR) is 270 cm³/mol. The van der Waals surface area contributed by atoms with E-state index in [1.807, 2.05) is 152 Å². The van der Waals surface area contributed by atoms with Crippen LogP contribution in [0.15, 0.2) is 186 Å². The van der Waals surface area contributed by atoms with Crippen LogP contribution in [-0.4, -0.2) is 71.1 Å². The van der Waals surface area contributed by atoms with E-state index in [0.717, 1.165) is 21.6 Å². The number of β-lactam (4-membered cyclic amide) rings is 1. The van der Waals surface area contributed by atoms with E-state index >= 15 is 0 Å².